The maximum Gasteiger partial charge on any atom is 0.316 e. The Hall–Kier alpha value is -2.12. The molecule has 24 heavy (non-hydrogen) atoms. The van der Waals surface area contributed by atoms with Gasteiger partial charge < -0.3 is 20.6 Å². The average molecular weight is 353 g/mol. The molecule has 1 aliphatic rings. The number of amides is 1. The predicted molar refractivity (Wildman–Crippen MR) is 94.8 cm³/mol. The highest BCUT2D eigenvalue weighted by atomic mass is 35.5. The van der Waals surface area contributed by atoms with Crippen molar-refractivity contribution in [3.63, 3.8) is 0 Å². The first kappa shape index (κ1) is 18.2. The van der Waals surface area contributed by atoms with Gasteiger partial charge in [-0.2, -0.15) is 0 Å². The molecule has 0 spiro atoms. The summed E-state index contributed by atoms with van der Waals surface area (Å²) in [6.45, 7) is 2.62. The van der Waals surface area contributed by atoms with Gasteiger partial charge in [-0.15, -0.1) is 12.4 Å². The number of nitrogens with two attached hydrogens (primary N) is 1. The molecule has 1 saturated carbocycles. The first-order valence-electron chi connectivity index (χ1n) is 7.82. The Bertz CT molecular complexity index is 870. The second-order valence-electron chi connectivity index (χ2n) is 5.95. The van der Waals surface area contributed by atoms with Crippen molar-refractivity contribution >= 4 is 29.3 Å². The molecular formula is C16H21ClN4O3. The van der Waals surface area contributed by atoms with Gasteiger partial charge in [-0.05, 0) is 43.9 Å². The number of H-pyrrole nitrogens is 1. The second-order valence-corrected chi connectivity index (χ2v) is 5.95. The number of benzene rings is 1. The maximum atomic E-state index is 12.2. The minimum atomic E-state index is -0.687. The lowest BCUT2D eigenvalue weighted by atomic mass is 10.1. The number of hydrogen-bond acceptors (Lipinski definition) is 4. The molecule has 0 aliphatic heterocycles. The summed E-state index contributed by atoms with van der Waals surface area (Å²) in [6.07, 6.45) is 2.26. The third kappa shape index (κ3) is 3.52. The smallest absolute Gasteiger partial charge is 0.316 e. The fourth-order valence-electron chi connectivity index (χ4n) is 2.74. The van der Waals surface area contributed by atoms with Crippen molar-refractivity contribution in [1.82, 2.24) is 14.9 Å². The van der Waals surface area contributed by atoms with E-state index in [2.05, 4.69) is 10.3 Å². The van der Waals surface area contributed by atoms with Crippen molar-refractivity contribution in [2.75, 3.05) is 6.54 Å². The minimum Gasteiger partial charge on any atom is -0.350 e. The molecule has 1 atom stereocenters. The topological polar surface area (TPSA) is 110 Å². The van der Waals surface area contributed by atoms with Crippen LogP contribution in [-0.2, 0) is 6.54 Å². The molecule has 4 N–H and O–H groups in total. The number of fused-ring (bicyclic) bond motifs is 1. The van der Waals surface area contributed by atoms with Crippen molar-refractivity contribution in [3.8, 4) is 0 Å². The molecule has 0 saturated heterocycles. The highest BCUT2D eigenvalue weighted by molar-refractivity contribution is 5.97. The highest BCUT2D eigenvalue weighted by Gasteiger charge is 2.28. The average Bonchev–Trinajstić information content (AvgIpc) is 3.38. The van der Waals surface area contributed by atoms with Crippen LogP contribution >= 0.6 is 12.4 Å². The molecule has 1 unspecified atom stereocenters. The van der Waals surface area contributed by atoms with Gasteiger partial charge >= 0.3 is 11.1 Å². The zero-order valence-electron chi connectivity index (χ0n) is 13.4. The van der Waals surface area contributed by atoms with Gasteiger partial charge in [0.05, 0.1) is 11.0 Å². The molecule has 7 nitrogen and oxygen atoms in total. The number of nitrogens with one attached hydrogen (secondary N) is 2. The van der Waals surface area contributed by atoms with Crippen LogP contribution in [-0.4, -0.2) is 28.0 Å². The van der Waals surface area contributed by atoms with Crippen LogP contribution < -0.4 is 22.2 Å². The Morgan fingerprint density at radius 1 is 1.42 bits per heavy atom. The summed E-state index contributed by atoms with van der Waals surface area (Å²) < 4.78 is 1.39. The van der Waals surface area contributed by atoms with Crippen LogP contribution in [0, 0.1) is 5.92 Å². The number of aromatic amines is 1. The van der Waals surface area contributed by atoms with Crippen LogP contribution in [0.4, 0.5) is 0 Å². The number of hydrogen-bond donors (Lipinski definition) is 3. The lowest BCUT2D eigenvalue weighted by molar-refractivity contribution is 0.0950. The van der Waals surface area contributed by atoms with Gasteiger partial charge in [0, 0.05) is 24.7 Å². The minimum absolute atomic E-state index is 0. The number of halogens is 1. The van der Waals surface area contributed by atoms with Crippen molar-refractivity contribution in [2.45, 2.75) is 32.4 Å². The summed E-state index contributed by atoms with van der Waals surface area (Å²) in [5, 5.41) is 2.81. The van der Waals surface area contributed by atoms with Crippen molar-refractivity contribution in [1.29, 1.82) is 0 Å². The van der Waals surface area contributed by atoms with Gasteiger partial charge in [-0.1, -0.05) is 0 Å². The monoisotopic (exact) mass is 352 g/mol. The first-order chi connectivity index (χ1) is 11.0. The van der Waals surface area contributed by atoms with E-state index >= 15 is 0 Å². The molecule has 1 heterocycles. The second kappa shape index (κ2) is 7.19. The maximum absolute atomic E-state index is 12.2. The van der Waals surface area contributed by atoms with E-state index in [0.717, 1.165) is 12.8 Å². The van der Waals surface area contributed by atoms with E-state index in [9.17, 15) is 14.4 Å². The number of carbonyl (C=O) groups is 1. The fraction of sp³-hybridized carbons (Fsp3) is 0.438. The van der Waals surface area contributed by atoms with Gasteiger partial charge in [0.1, 0.15) is 0 Å². The molecule has 1 amide bonds. The summed E-state index contributed by atoms with van der Waals surface area (Å²) >= 11 is 0. The third-order valence-corrected chi connectivity index (χ3v) is 4.28. The number of carbonyl (C=O) groups excluding carboxylic acids is 1. The van der Waals surface area contributed by atoms with Gasteiger partial charge in [0.15, 0.2) is 0 Å². The van der Waals surface area contributed by atoms with E-state index in [1.54, 1.807) is 25.1 Å². The first-order valence-corrected chi connectivity index (χ1v) is 7.82. The van der Waals surface area contributed by atoms with E-state index in [-0.39, 0.29) is 24.4 Å². The lowest BCUT2D eigenvalue weighted by Gasteiger charge is -2.12. The Morgan fingerprint density at radius 3 is 2.75 bits per heavy atom. The van der Waals surface area contributed by atoms with Crippen molar-refractivity contribution < 1.29 is 4.79 Å². The van der Waals surface area contributed by atoms with E-state index in [0.29, 0.717) is 35.6 Å². The Morgan fingerprint density at radius 2 is 2.12 bits per heavy atom. The summed E-state index contributed by atoms with van der Waals surface area (Å²) in [6, 6.07) is 4.89. The quantitative estimate of drug-likeness (QED) is 0.684. The van der Waals surface area contributed by atoms with Gasteiger partial charge in [0.2, 0.25) is 0 Å². The van der Waals surface area contributed by atoms with Crippen LogP contribution in [0.15, 0.2) is 27.8 Å². The number of rotatable bonds is 5. The number of nitrogens with zero attached hydrogens (tertiary/aromatic N) is 1. The highest BCUT2D eigenvalue weighted by Crippen LogP contribution is 2.31. The van der Waals surface area contributed by atoms with Crippen LogP contribution in [0.1, 0.15) is 30.1 Å². The van der Waals surface area contributed by atoms with Gasteiger partial charge in [-0.3, -0.25) is 14.4 Å². The Labute approximate surface area is 144 Å². The van der Waals surface area contributed by atoms with E-state index < -0.39 is 11.1 Å². The lowest BCUT2D eigenvalue weighted by Crippen LogP contribution is -2.38. The molecule has 1 fully saturated rings. The normalized spacial score (nSPS) is 14.9. The largest absolute Gasteiger partial charge is 0.350 e. The summed E-state index contributed by atoms with van der Waals surface area (Å²) in [4.78, 5) is 38.2. The van der Waals surface area contributed by atoms with Crippen LogP contribution in [0.5, 0.6) is 0 Å². The van der Waals surface area contributed by atoms with Gasteiger partial charge in [0.25, 0.3) is 5.91 Å². The Kier molecular flexibility index (Phi) is 5.46. The molecule has 130 valence electrons. The molecule has 8 heteroatoms. The molecule has 1 aliphatic carbocycles. The Balaban J connectivity index is 0.00000208. The van der Waals surface area contributed by atoms with E-state index in [1.165, 1.54) is 4.57 Å². The van der Waals surface area contributed by atoms with E-state index in [4.69, 9.17) is 5.73 Å². The standard InChI is InChI=1S/C16H20N4O3.ClH/c1-2-20-13-6-5-10(7-12(13)19-15(22)16(20)23)14(21)18-8-11(17)9-3-4-9;/h5-7,9,11H,2-4,8,17H2,1H3,(H,18,21)(H,19,22);1H. The molecule has 0 radical (unpaired) electrons. The summed E-state index contributed by atoms with van der Waals surface area (Å²) in [5.41, 5.74) is 6.19. The van der Waals surface area contributed by atoms with Crippen LogP contribution in [0.25, 0.3) is 11.0 Å². The third-order valence-electron chi connectivity index (χ3n) is 4.28. The summed E-state index contributed by atoms with van der Waals surface area (Å²) in [7, 11) is 0. The molecule has 1 aromatic carbocycles. The van der Waals surface area contributed by atoms with Crippen LogP contribution in [0.2, 0.25) is 0 Å². The number of aryl methyl sites for hydroxylation is 1. The summed E-state index contributed by atoms with van der Waals surface area (Å²) in [5.74, 6) is 0.278. The van der Waals surface area contributed by atoms with Crippen molar-refractivity contribution in [2.24, 2.45) is 11.7 Å². The molecule has 3 rings (SSSR count). The van der Waals surface area contributed by atoms with Crippen LogP contribution in [0.3, 0.4) is 0 Å². The molecule has 2 aromatic rings. The van der Waals surface area contributed by atoms with E-state index in [1.807, 2.05) is 0 Å². The zero-order chi connectivity index (χ0) is 16.6. The molecular weight excluding hydrogens is 332 g/mol. The SMILES string of the molecule is CCn1c(=O)c(=O)[nH]c2cc(C(=O)NCC(N)C3CC3)ccc21.Cl. The van der Waals surface area contributed by atoms with Crippen molar-refractivity contribution in [3.05, 3.63) is 44.5 Å². The molecule has 0 bridgehead atoms. The molecule has 1 aromatic heterocycles. The predicted octanol–water partition coefficient (Wildman–Crippen LogP) is 0.599. The zero-order valence-corrected chi connectivity index (χ0v) is 14.2. The fourth-order valence-corrected chi connectivity index (χ4v) is 2.74. The number of aromatic nitrogens is 2. The van der Waals surface area contributed by atoms with Gasteiger partial charge in [-0.25, -0.2) is 0 Å².